The van der Waals surface area contributed by atoms with Gasteiger partial charge in [-0.05, 0) is 78.6 Å². The van der Waals surface area contributed by atoms with Crippen molar-refractivity contribution in [2.24, 2.45) is 0 Å². The SMILES string of the molecule is [CH2-][P+](c1cc(C)cc(C)c1)(C(C)(C)C)C(C)(C)C.[Cl][Pd+]. The number of hydrogen-bond donors (Lipinski definition) is 0. The van der Waals surface area contributed by atoms with Crippen LogP contribution in [0.1, 0.15) is 52.7 Å². The van der Waals surface area contributed by atoms with E-state index in [1.165, 1.54) is 16.4 Å². The van der Waals surface area contributed by atoms with Gasteiger partial charge in [-0.1, -0.05) is 13.3 Å². The van der Waals surface area contributed by atoms with Gasteiger partial charge in [0.1, 0.15) is 0 Å². The van der Waals surface area contributed by atoms with Crippen LogP contribution in [0.15, 0.2) is 18.2 Å². The minimum absolute atomic E-state index is 0.228. The summed E-state index contributed by atoms with van der Waals surface area (Å²) in [5.41, 5.74) is 2.71. The molecule has 0 unspecified atom stereocenters. The standard InChI is InChI=1S/C17H29P.ClH.Pd/c1-13-10-14(2)12-15(11-13)18(9,16(3,4)5)17(6,7)8;;/h10-12H,9H2,1-8H3;1H;/q;;+2/p-1. The van der Waals surface area contributed by atoms with Gasteiger partial charge in [0.2, 0.25) is 0 Å². The Hall–Kier alpha value is 0.602. The summed E-state index contributed by atoms with van der Waals surface area (Å²) < 4.78 is 0. The molecule has 0 aliphatic heterocycles. The van der Waals surface area contributed by atoms with Gasteiger partial charge in [-0.25, -0.2) is 0 Å². The molecule has 0 bridgehead atoms. The predicted octanol–water partition coefficient (Wildman–Crippen LogP) is 6.02. The zero-order valence-electron chi connectivity index (χ0n) is 14.1. The molecule has 1 rings (SSSR count). The van der Waals surface area contributed by atoms with E-state index in [4.69, 9.17) is 6.66 Å². The molecule has 0 fully saturated rings. The van der Waals surface area contributed by atoms with Crippen molar-refractivity contribution in [2.75, 3.05) is 0 Å². The minimum atomic E-state index is -1.49. The molecular weight excluding hydrogens is 377 g/mol. The Morgan fingerprint density at radius 1 is 0.850 bits per heavy atom. The van der Waals surface area contributed by atoms with Crippen molar-refractivity contribution >= 4 is 22.1 Å². The molecule has 0 nitrogen and oxygen atoms in total. The van der Waals surface area contributed by atoms with Crippen LogP contribution in [0.25, 0.3) is 0 Å². The first-order valence-corrected chi connectivity index (χ1v) is 10.8. The van der Waals surface area contributed by atoms with Gasteiger partial charge in [0.05, 0.1) is 15.6 Å². The zero-order chi connectivity index (χ0) is 16.4. The van der Waals surface area contributed by atoms with Gasteiger partial charge in [0, 0.05) is 0 Å². The molecule has 0 saturated carbocycles. The molecule has 0 spiro atoms. The van der Waals surface area contributed by atoms with Crippen LogP contribution < -0.4 is 5.30 Å². The van der Waals surface area contributed by atoms with Gasteiger partial charge in [-0.2, -0.15) is 6.66 Å². The summed E-state index contributed by atoms with van der Waals surface area (Å²) in [6.07, 6.45) is 0. The maximum atomic E-state index is 4.78. The Bertz CT molecular complexity index is 407. The Morgan fingerprint density at radius 3 is 1.40 bits per heavy atom. The summed E-state index contributed by atoms with van der Waals surface area (Å²) in [4.78, 5) is 0. The van der Waals surface area contributed by atoms with Gasteiger partial charge in [0.15, 0.2) is 0 Å². The summed E-state index contributed by atoms with van der Waals surface area (Å²) in [5, 5.41) is 1.93. The molecule has 0 N–H and O–H groups in total. The van der Waals surface area contributed by atoms with E-state index in [0.29, 0.717) is 0 Å². The number of rotatable bonds is 1. The van der Waals surface area contributed by atoms with Crippen molar-refractivity contribution in [3.8, 4) is 0 Å². The van der Waals surface area contributed by atoms with E-state index in [0.717, 1.165) is 0 Å². The summed E-state index contributed by atoms with van der Waals surface area (Å²) in [7, 11) is 3.00. The third kappa shape index (κ3) is 4.30. The maximum absolute atomic E-state index is 4.78. The molecule has 0 radical (unpaired) electrons. The predicted molar refractivity (Wildman–Crippen MR) is 93.2 cm³/mol. The van der Waals surface area contributed by atoms with Crippen LogP contribution in [0, 0.1) is 20.5 Å². The first-order valence-electron chi connectivity index (χ1n) is 6.84. The first-order chi connectivity index (χ1) is 8.89. The van der Waals surface area contributed by atoms with Crippen molar-refractivity contribution in [1.29, 1.82) is 0 Å². The fourth-order valence-electron chi connectivity index (χ4n) is 2.95. The second kappa shape index (κ2) is 7.24. The monoisotopic (exact) mass is 405 g/mol. The number of benzene rings is 1. The molecule has 0 aromatic heterocycles. The number of hydrogen-bond acceptors (Lipinski definition) is 0. The van der Waals surface area contributed by atoms with Crippen LogP contribution in [0.5, 0.6) is 0 Å². The van der Waals surface area contributed by atoms with Gasteiger partial charge < -0.3 is 0 Å². The van der Waals surface area contributed by atoms with Gasteiger partial charge >= 0.3 is 27.7 Å². The van der Waals surface area contributed by atoms with E-state index >= 15 is 0 Å². The summed E-state index contributed by atoms with van der Waals surface area (Å²) in [5.74, 6) is 0. The quantitative estimate of drug-likeness (QED) is 0.304. The molecule has 3 heteroatoms. The van der Waals surface area contributed by atoms with E-state index in [2.05, 4.69) is 101 Å². The number of halogens is 1. The molecule has 20 heavy (non-hydrogen) atoms. The Labute approximate surface area is 141 Å². The molecule has 0 heterocycles. The molecule has 0 aliphatic carbocycles. The zero-order valence-corrected chi connectivity index (χ0v) is 17.3. The van der Waals surface area contributed by atoms with Crippen molar-refractivity contribution in [2.45, 2.75) is 65.7 Å². The van der Waals surface area contributed by atoms with Crippen LogP contribution in [0.4, 0.5) is 0 Å². The Morgan fingerprint density at radius 2 is 1.15 bits per heavy atom. The van der Waals surface area contributed by atoms with Crippen molar-refractivity contribution in [3.05, 3.63) is 36.0 Å². The van der Waals surface area contributed by atoms with Crippen LogP contribution in [0.2, 0.25) is 0 Å². The van der Waals surface area contributed by atoms with E-state index in [1.54, 1.807) is 0 Å². The van der Waals surface area contributed by atoms with Gasteiger partial charge in [-0.15, -0.1) is 0 Å². The second-order valence-corrected chi connectivity index (χ2v) is 12.3. The molecule has 0 aliphatic rings. The second-order valence-electron chi connectivity index (χ2n) is 7.50. The van der Waals surface area contributed by atoms with Gasteiger partial charge in [-0.3, -0.25) is 0 Å². The topological polar surface area (TPSA) is 0 Å². The average molecular weight is 406 g/mol. The van der Waals surface area contributed by atoms with Crippen LogP contribution >= 0.6 is 16.8 Å². The summed E-state index contributed by atoms with van der Waals surface area (Å²) >= 11 is 2.22. The van der Waals surface area contributed by atoms with E-state index < -0.39 is 7.26 Å². The molecule has 118 valence electrons. The third-order valence-electron chi connectivity index (χ3n) is 3.94. The molecule has 0 saturated heterocycles. The summed E-state index contributed by atoms with van der Waals surface area (Å²) in [6.45, 7) is 23.2. The van der Waals surface area contributed by atoms with Crippen molar-refractivity contribution < 1.29 is 18.2 Å². The fourth-order valence-corrected chi connectivity index (χ4v) is 7.36. The fraction of sp³-hybridized carbons (Fsp3) is 0.588. The molecule has 0 atom stereocenters. The Kier molecular flexibility index (Phi) is 7.46. The van der Waals surface area contributed by atoms with E-state index in [9.17, 15) is 0 Å². The van der Waals surface area contributed by atoms with Crippen LogP contribution in [0.3, 0.4) is 0 Å². The molecule has 0 amide bonds. The normalized spacial score (nSPS) is 12.8. The van der Waals surface area contributed by atoms with Crippen molar-refractivity contribution in [1.82, 2.24) is 0 Å². The van der Waals surface area contributed by atoms with E-state index in [-0.39, 0.29) is 10.3 Å². The van der Waals surface area contributed by atoms with Crippen LogP contribution in [-0.4, -0.2) is 10.3 Å². The van der Waals surface area contributed by atoms with Crippen molar-refractivity contribution in [3.63, 3.8) is 0 Å². The average Bonchev–Trinajstić information content (AvgIpc) is 2.26. The van der Waals surface area contributed by atoms with Gasteiger partial charge in [0.25, 0.3) is 0 Å². The number of aryl methyl sites for hydroxylation is 2. The summed E-state index contributed by atoms with van der Waals surface area (Å²) in [6, 6.07) is 6.95. The Balaban J connectivity index is 0.00000172. The third-order valence-corrected chi connectivity index (χ3v) is 9.66. The first kappa shape index (κ1) is 20.6. The van der Waals surface area contributed by atoms with Crippen LogP contribution in [-0.2, 0) is 18.2 Å². The molecule has 1 aromatic carbocycles. The molecular formula is C17H29ClPPd+. The van der Waals surface area contributed by atoms with E-state index in [1.807, 2.05) is 0 Å². The molecule has 1 aromatic rings.